The number of para-hydroxylation sites is 4. The van der Waals surface area contributed by atoms with E-state index in [0.29, 0.717) is 5.02 Å². The van der Waals surface area contributed by atoms with Crippen molar-refractivity contribution in [2.75, 3.05) is 0 Å². The topological polar surface area (TPSA) is 23.0 Å². The van der Waals surface area contributed by atoms with Crippen molar-refractivity contribution >= 4 is 77.2 Å². The van der Waals surface area contributed by atoms with Crippen LogP contribution in [0.15, 0.2) is 132 Å². The number of fused-ring (bicyclic) bond motifs is 9. The number of benzene rings is 6. The summed E-state index contributed by atoms with van der Waals surface area (Å²) in [7, 11) is 0. The van der Waals surface area contributed by atoms with Crippen molar-refractivity contribution in [1.29, 1.82) is 0 Å². The normalized spacial score (nSPS) is 12.1. The van der Waals surface area contributed by atoms with E-state index in [1.54, 1.807) is 0 Å². The minimum Gasteiger partial charge on any atom is -0.454 e. The lowest BCUT2D eigenvalue weighted by atomic mass is 10.1. The Hall–Kier alpha value is -4.99. The van der Waals surface area contributed by atoms with E-state index >= 15 is 0 Å². The molecule has 188 valence electrons. The standard InChI is InChI=1S/C36H21ClN2O/c37-22-17-20-34-28(21-22)27-18-19-33(38-29-13-5-1-9-23(29)24-10-2-6-14-30(24)38)35(36(27)40-34)39-31-15-7-3-11-25(31)26-12-4-8-16-32(26)39/h1-21H. The molecule has 0 N–H and O–H groups in total. The third-order valence-electron chi connectivity index (χ3n) is 8.18. The van der Waals surface area contributed by atoms with Crippen LogP contribution in [0.1, 0.15) is 0 Å². The highest BCUT2D eigenvalue weighted by Gasteiger charge is 2.23. The fraction of sp³-hybridized carbons (Fsp3) is 0. The molecular formula is C36H21ClN2O. The van der Waals surface area contributed by atoms with Gasteiger partial charge < -0.3 is 13.6 Å². The lowest BCUT2D eigenvalue weighted by Gasteiger charge is -2.17. The van der Waals surface area contributed by atoms with Crippen LogP contribution in [0, 0.1) is 0 Å². The van der Waals surface area contributed by atoms with Gasteiger partial charge in [-0.25, -0.2) is 0 Å². The van der Waals surface area contributed by atoms with Crippen molar-refractivity contribution in [3.05, 3.63) is 132 Å². The Labute approximate surface area is 234 Å². The first-order valence-corrected chi connectivity index (χ1v) is 13.8. The van der Waals surface area contributed by atoms with Crippen molar-refractivity contribution < 1.29 is 4.42 Å². The average molecular weight is 533 g/mol. The first-order chi connectivity index (χ1) is 19.8. The van der Waals surface area contributed by atoms with E-state index in [1.807, 2.05) is 18.2 Å². The summed E-state index contributed by atoms with van der Waals surface area (Å²) in [5.74, 6) is 0. The molecule has 0 amide bonds. The van der Waals surface area contributed by atoms with E-state index in [-0.39, 0.29) is 0 Å². The maximum atomic E-state index is 6.73. The van der Waals surface area contributed by atoms with Gasteiger partial charge in [0, 0.05) is 37.3 Å². The summed E-state index contributed by atoms with van der Waals surface area (Å²) >= 11 is 6.46. The summed E-state index contributed by atoms with van der Waals surface area (Å²) in [6.07, 6.45) is 0. The fourth-order valence-corrected chi connectivity index (χ4v) is 6.70. The predicted octanol–water partition coefficient (Wildman–Crippen LogP) is 10.4. The molecule has 0 bridgehead atoms. The van der Waals surface area contributed by atoms with Gasteiger partial charge >= 0.3 is 0 Å². The van der Waals surface area contributed by atoms with Gasteiger partial charge in [-0.05, 0) is 54.6 Å². The second kappa shape index (κ2) is 8.01. The molecule has 0 aliphatic rings. The van der Waals surface area contributed by atoms with Crippen LogP contribution in [0.5, 0.6) is 0 Å². The van der Waals surface area contributed by atoms with Crippen molar-refractivity contribution in [1.82, 2.24) is 9.13 Å². The molecule has 0 atom stereocenters. The molecule has 0 spiro atoms. The molecule has 0 fully saturated rings. The van der Waals surface area contributed by atoms with Crippen molar-refractivity contribution in [2.45, 2.75) is 0 Å². The highest BCUT2D eigenvalue weighted by atomic mass is 35.5. The zero-order valence-corrected chi connectivity index (χ0v) is 22.1. The molecule has 0 saturated carbocycles. The lowest BCUT2D eigenvalue weighted by molar-refractivity contribution is 0.666. The number of rotatable bonds is 2. The molecule has 3 heterocycles. The van der Waals surface area contributed by atoms with Gasteiger partial charge in [-0.3, -0.25) is 0 Å². The second-order valence-corrected chi connectivity index (χ2v) is 10.7. The van der Waals surface area contributed by atoms with Crippen LogP contribution in [-0.4, -0.2) is 9.13 Å². The summed E-state index contributed by atoms with van der Waals surface area (Å²) in [6, 6.07) is 44.7. The van der Waals surface area contributed by atoms with Gasteiger partial charge in [0.05, 0.1) is 27.8 Å². The lowest BCUT2D eigenvalue weighted by Crippen LogP contribution is -2.04. The Bertz CT molecular complexity index is 2350. The van der Waals surface area contributed by atoms with Crippen LogP contribution in [0.3, 0.4) is 0 Å². The SMILES string of the molecule is Clc1ccc2oc3c(-n4c5ccccc5c5ccccc54)c(-n4c5ccccc5c5ccccc54)ccc3c2c1. The van der Waals surface area contributed by atoms with Gasteiger partial charge in [0.15, 0.2) is 5.58 Å². The molecule has 9 rings (SSSR count). The molecular weight excluding hydrogens is 512 g/mol. The number of aromatic nitrogens is 2. The van der Waals surface area contributed by atoms with E-state index in [0.717, 1.165) is 55.4 Å². The zero-order valence-electron chi connectivity index (χ0n) is 21.3. The predicted molar refractivity (Wildman–Crippen MR) is 167 cm³/mol. The summed E-state index contributed by atoms with van der Waals surface area (Å²) in [5.41, 5.74) is 8.31. The monoisotopic (exact) mass is 532 g/mol. The second-order valence-electron chi connectivity index (χ2n) is 10.3. The maximum absolute atomic E-state index is 6.73. The van der Waals surface area contributed by atoms with E-state index in [9.17, 15) is 0 Å². The van der Waals surface area contributed by atoms with Gasteiger partial charge in [-0.1, -0.05) is 84.4 Å². The number of hydrogen-bond acceptors (Lipinski definition) is 1. The van der Waals surface area contributed by atoms with Crippen molar-refractivity contribution in [3.63, 3.8) is 0 Å². The Morgan fingerprint density at radius 2 is 0.950 bits per heavy atom. The van der Waals surface area contributed by atoms with E-state index < -0.39 is 0 Å². The summed E-state index contributed by atoms with van der Waals surface area (Å²) in [5, 5.41) is 7.62. The van der Waals surface area contributed by atoms with Crippen molar-refractivity contribution in [2.24, 2.45) is 0 Å². The van der Waals surface area contributed by atoms with Gasteiger partial charge in [0.25, 0.3) is 0 Å². The van der Waals surface area contributed by atoms with Gasteiger partial charge in [0.1, 0.15) is 11.3 Å². The Morgan fingerprint density at radius 3 is 1.50 bits per heavy atom. The fourth-order valence-electron chi connectivity index (χ4n) is 6.53. The number of furan rings is 1. The molecule has 0 saturated heterocycles. The van der Waals surface area contributed by atoms with Gasteiger partial charge in [0.2, 0.25) is 0 Å². The highest BCUT2D eigenvalue weighted by molar-refractivity contribution is 6.32. The Kier molecular flexibility index (Phi) is 4.38. The first kappa shape index (κ1) is 21.9. The number of nitrogens with zero attached hydrogens (tertiary/aromatic N) is 2. The van der Waals surface area contributed by atoms with Crippen LogP contribution >= 0.6 is 11.6 Å². The summed E-state index contributed by atoms with van der Waals surface area (Å²) in [4.78, 5) is 0. The smallest absolute Gasteiger partial charge is 0.161 e. The van der Waals surface area contributed by atoms with Crippen LogP contribution in [-0.2, 0) is 0 Å². The van der Waals surface area contributed by atoms with E-state index in [1.165, 1.54) is 21.5 Å². The minimum absolute atomic E-state index is 0.695. The van der Waals surface area contributed by atoms with E-state index in [2.05, 4.69) is 118 Å². The third-order valence-corrected chi connectivity index (χ3v) is 8.41. The van der Waals surface area contributed by atoms with Crippen LogP contribution in [0.4, 0.5) is 0 Å². The van der Waals surface area contributed by atoms with Crippen molar-refractivity contribution in [3.8, 4) is 11.4 Å². The molecule has 4 heteroatoms. The van der Waals surface area contributed by atoms with Crippen LogP contribution in [0.2, 0.25) is 5.02 Å². The largest absolute Gasteiger partial charge is 0.454 e. The van der Waals surface area contributed by atoms with Crippen LogP contribution < -0.4 is 0 Å². The quantitative estimate of drug-likeness (QED) is 0.217. The molecule has 3 nitrogen and oxygen atoms in total. The first-order valence-electron chi connectivity index (χ1n) is 13.4. The van der Waals surface area contributed by atoms with E-state index in [4.69, 9.17) is 16.0 Å². The summed E-state index contributed by atoms with van der Waals surface area (Å²) in [6.45, 7) is 0. The highest BCUT2D eigenvalue weighted by Crippen LogP contribution is 2.43. The summed E-state index contributed by atoms with van der Waals surface area (Å²) < 4.78 is 11.5. The molecule has 40 heavy (non-hydrogen) atoms. The third kappa shape index (κ3) is 2.85. The Morgan fingerprint density at radius 1 is 0.450 bits per heavy atom. The average Bonchev–Trinajstić information content (AvgIpc) is 3.64. The molecule has 9 aromatic rings. The molecule has 3 aromatic heterocycles. The molecule has 0 radical (unpaired) electrons. The van der Waals surface area contributed by atoms with Gasteiger partial charge in [-0.2, -0.15) is 0 Å². The minimum atomic E-state index is 0.695. The Balaban J connectivity index is 1.55. The van der Waals surface area contributed by atoms with Gasteiger partial charge in [-0.15, -0.1) is 0 Å². The molecule has 0 unspecified atom stereocenters. The molecule has 0 aliphatic carbocycles. The number of hydrogen-bond donors (Lipinski definition) is 0. The zero-order chi connectivity index (χ0) is 26.4. The molecule has 0 aliphatic heterocycles. The molecule has 6 aromatic carbocycles. The maximum Gasteiger partial charge on any atom is 0.161 e. The van der Waals surface area contributed by atoms with Crippen LogP contribution in [0.25, 0.3) is 76.9 Å². The number of halogens is 1.